The van der Waals surface area contributed by atoms with Gasteiger partial charge in [-0.1, -0.05) is 41.9 Å². The Balaban J connectivity index is 1.52. The molecular formula is C23H22ClN3O2. The van der Waals surface area contributed by atoms with Crippen LogP contribution >= 0.6 is 11.6 Å². The molecule has 6 heteroatoms. The summed E-state index contributed by atoms with van der Waals surface area (Å²) in [7, 11) is 0. The Hall–Kier alpha value is -2.92. The number of pyridine rings is 1. The lowest BCUT2D eigenvalue weighted by Gasteiger charge is -2.15. The third-order valence-electron chi connectivity index (χ3n) is 5.16. The van der Waals surface area contributed by atoms with Crippen molar-refractivity contribution in [1.29, 1.82) is 0 Å². The van der Waals surface area contributed by atoms with Crippen LogP contribution in [0.2, 0.25) is 5.02 Å². The zero-order chi connectivity index (χ0) is 20.2. The van der Waals surface area contributed by atoms with Crippen molar-refractivity contribution >= 4 is 34.3 Å². The second kappa shape index (κ2) is 8.62. The highest BCUT2D eigenvalue weighted by Crippen LogP contribution is 2.26. The fourth-order valence-electron chi connectivity index (χ4n) is 3.64. The van der Waals surface area contributed by atoms with Crippen LogP contribution in [0.4, 0.5) is 0 Å². The lowest BCUT2D eigenvalue weighted by molar-refractivity contribution is -0.127. The van der Waals surface area contributed by atoms with Crippen LogP contribution in [0, 0.1) is 0 Å². The van der Waals surface area contributed by atoms with E-state index in [2.05, 4.69) is 5.32 Å². The maximum Gasteiger partial charge on any atom is 0.252 e. The predicted molar refractivity (Wildman–Crippen MR) is 115 cm³/mol. The number of likely N-dealkylation sites (tertiary alicyclic amines) is 1. The summed E-state index contributed by atoms with van der Waals surface area (Å²) >= 11 is 5.99. The minimum Gasteiger partial charge on any atom is -0.352 e. The van der Waals surface area contributed by atoms with Crippen LogP contribution in [0.3, 0.4) is 0 Å². The smallest absolute Gasteiger partial charge is 0.252 e. The van der Waals surface area contributed by atoms with Gasteiger partial charge in [-0.15, -0.1) is 0 Å². The highest BCUT2D eigenvalue weighted by Gasteiger charge is 2.19. The van der Waals surface area contributed by atoms with Crippen molar-refractivity contribution in [2.45, 2.75) is 19.3 Å². The number of aromatic nitrogens is 1. The molecule has 5 nitrogen and oxygen atoms in total. The summed E-state index contributed by atoms with van der Waals surface area (Å²) in [6.45, 7) is 2.04. The Morgan fingerprint density at radius 1 is 1.14 bits per heavy atom. The van der Waals surface area contributed by atoms with Gasteiger partial charge >= 0.3 is 0 Å². The van der Waals surface area contributed by atoms with E-state index in [1.54, 1.807) is 0 Å². The summed E-state index contributed by atoms with van der Waals surface area (Å²) in [5.41, 5.74) is 3.00. The molecule has 1 aliphatic heterocycles. The third kappa shape index (κ3) is 4.40. The molecule has 3 aromatic rings. The topological polar surface area (TPSA) is 62.3 Å². The SMILES string of the molecule is O=C(NCCCN1CCCC1=O)c1cc(-c2ccc(Cl)cc2)nc2ccccc12. The molecule has 0 bridgehead atoms. The number of amides is 2. The fraction of sp³-hybridized carbons (Fsp3) is 0.261. The van der Waals surface area contributed by atoms with E-state index in [0.29, 0.717) is 30.1 Å². The zero-order valence-corrected chi connectivity index (χ0v) is 16.8. The summed E-state index contributed by atoms with van der Waals surface area (Å²) in [5, 5.41) is 4.47. The van der Waals surface area contributed by atoms with Crippen LogP contribution in [0.15, 0.2) is 54.6 Å². The average Bonchev–Trinajstić information content (AvgIpc) is 3.15. The van der Waals surface area contributed by atoms with Gasteiger partial charge in [0, 0.05) is 42.0 Å². The number of benzene rings is 2. The lowest BCUT2D eigenvalue weighted by Crippen LogP contribution is -2.30. The summed E-state index contributed by atoms with van der Waals surface area (Å²) in [6.07, 6.45) is 2.31. The quantitative estimate of drug-likeness (QED) is 0.620. The van der Waals surface area contributed by atoms with Crippen LogP contribution < -0.4 is 5.32 Å². The predicted octanol–water partition coefficient (Wildman–Crippen LogP) is 4.30. The van der Waals surface area contributed by atoms with E-state index < -0.39 is 0 Å². The standard InChI is InChI=1S/C23H22ClN3O2/c24-17-10-8-16(9-11-17)21-15-19(18-5-1-2-6-20(18)26-21)23(29)25-12-4-14-27-13-3-7-22(27)28/h1-2,5-6,8-11,15H,3-4,7,12-14H2,(H,25,29). The number of para-hydroxylation sites is 1. The van der Waals surface area contributed by atoms with Crippen molar-refractivity contribution in [3.05, 3.63) is 65.2 Å². The Labute approximate surface area is 174 Å². The molecule has 0 spiro atoms. The van der Waals surface area contributed by atoms with Crippen molar-refractivity contribution in [1.82, 2.24) is 15.2 Å². The molecule has 1 aliphatic rings. The van der Waals surface area contributed by atoms with Gasteiger partial charge in [0.15, 0.2) is 0 Å². The summed E-state index contributed by atoms with van der Waals surface area (Å²) in [5.74, 6) is 0.0793. The molecule has 0 radical (unpaired) electrons. The first kappa shape index (κ1) is 19.4. The van der Waals surface area contributed by atoms with Crippen molar-refractivity contribution in [2.75, 3.05) is 19.6 Å². The molecule has 1 aromatic heterocycles. The second-order valence-corrected chi connectivity index (χ2v) is 7.61. The van der Waals surface area contributed by atoms with Gasteiger partial charge in [0.1, 0.15) is 0 Å². The first-order valence-electron chi connectivity index (χ1n) is 9.83. The molecule has 4 rings (SSSR count). The van der Waals surface area contributed by atoms with Gasteiger partial charge in [0.25, 0.3) is 5.91 Å². The van der Waals surface area contributed by atoms with E-state index in [9.17, 15) is 9.59 Å². The molecule has 2 heterocycles. The maximum absolute atomic E-state index is 12.9. The molecule has 2 aromatic carbocycles. The van der Waals surface area contributed by atoms with Gasteiger partial charge in [-0.05, 0) is 37.1 Å². The first-order valence-corrected chi connectivity index (χ1v) is 10.2. The molecular weight excluding hydrogens is 386 g/mol. The van der Waals surface area contributed by atoms with E-state index in [4.69, 9.17) is 16.6 Å². The normalized spacial score (nSPS) is 13.8. The molecule has 148 valence electrons. The van der Waals surface area contributed by atoms with Gasteiger partial charge in [0.2, 0.25) is 5.91 Å². The molecule has 0 aliphatic carbocycles. The average molecular weight is 408 g/mol. The molecule has 1 saturated heterocycles. The first-order chi connectivity index (χ1) is 14.1. The van der Waals surface area contributed by atoms with Crippen LogP contribution in [-0.4, -0.2) is 41.3 Å². The monoisotopic (exact) mass is 407 g/mol. The molecule has 0 atom stereocenters. The summed E-state index contributed by atoms with van der Waals surface area (Å²) < 4.78 is 0. The Morgan fingerprint density at radius 3 is 2.69 bits per heavy atom. The highest BCUT2D eigenvalue weighted by atomic mass is 35.5. The summed E-state index contributed by atoms with van der Waals surface area (Å²) in [4.78, 5) is 31.2. The Kier molecular flexibility index (Phi) is 5.76. The van der Waals surface area contributed by atoms with Gasteiger partial charge < -0.3 is 10.2 Å². The van der Waals surface area contributed by atoms with Crippen molar-refractivity contribution in [3.63, 3.8) is 0 Å². The molecule has 29 heavy (non-hydrogen) atoms. The highest BCUT2D eigenvalue weighted by molar-refractivity contribution is 6.30. The number of carbonyl (C=O) groups excluding carboxylic acids is 2. The molecule has 1 N–H and O–H groups in total. The van der Waals surface area contributed by atoms with Crippen molar-refractivity contribution in [2.24, 2.45) is 0 Å². The maximum atomic E-state index is 12.9. The minimum absolute atomic E-state index is 0.133. The lowest BCUT2D eigenvalue weighted by atomic mass is 10.0. The van der Waals surface area contributed by atoms with E-state index in [1.165, 1.54) is 0 Å². The number of hydrogen-bond donors (Lipinski definition) is 1. The molecule has 1 fully saturated rings. The van der Waals surface area contributed by atoms with E-state index in [-0.39, 0.29) is 11.8 Å². The zero-order valence-electron chi connectivity index (χ0n) is 16.0. The fourth-order valence-corrected chi connectivity index (χ4v) is 3.77. The Morgan fingerprint density at radius 2 is 1.93 bits per heavy atom. The van der Waals surface area contributed by atoms with E-state index in [1.807, 2.05) is 59.5 Å². The van der Waals surface area contributed by atoms with Gasteiger partial charge in [-0.3, -0.25) is 9.59 Å². The summed E-state index contributed by atoms with van der Waals surface area (Å²) in [6, 6.07) is 16.9. The number of nitrogens with zero attached hydrogens (tertiary/aromatic N) is 2. The van der Waals surface area contributed by atoms with E-state index in [0.717, 1.165) is 41.5 Å². The molecule has 2 amide bonds. The number of rotatable bonds is 6. The second-order valence-electron chi connectivity index (χ2n) is 7.17. The molecule has 0 unspecified atom stereocenters. The van der Waals surface area contributed by atoms with Crippen molar-refractivity contribution < 1.29 is 9.59 Å². The number of carbonyl (C=O) groups is 2. The van der Waals surface area contributed by atoms with Gasteiger partial charge in [-0.25, -0.2) is 4.98 Å². The minimum atomic E-state index is -0.133. The number of nitrogens with one attached hydrogen (secondary N) is 1. The Bertz CT molecular complexity index is 1050. The van der Waals surface area contributed by atoms with Crippen LogP contribution in [0.5, 0.6) is 0 Å². The van der Waals surface area contributed by atoms with Gasteiger partial charge in [-0.2, -0.15) is 0 Å². The van der Waals surface area contributed by atoms with Crippen LogP contribution in [-0.2, 0) is 4.79 Å². The number of hydrogen-bond acceptors (Lipinski definition) is 3. The largest absolute Gasteiger partial charge is 0.352 e. The molecule has 0 saturated carbocycles. The van der Waals surface area contributed by atoms with Crippen LogP contribution in [0.1, 0.15) is 29.6 Å². The van der Waals surface area contributed by atoms with Gasteiger partial charge in [0.05, 0.1) is 16.8 Å². The van der Waals surface area contributed by atoms with Crippen LogP contribution in [0.25, 0.3) is 22.2 Å². The number of fused-ring (bicyclic) bond motifs is 1. The van der Waals surface area contributed by atoms with E-state index >= 15 is 0 Å². The number of halogens is 1. The third-order valence-corrected chi connectivity index (χ3v) is 5.41. The van der Waals surface area contributed by atoms with Crippen molar-refractivity contribution in [3.8, 4) is 11.3 Å².